The van der Waals surface area contributed by atoms with Gasteiger partial charge in [-0.3, -0.25) is 4.98 Å². The highest BCUT2D eigenvalue weighted by atomic mass is 32.2. The van der Waals surface area contributed by atoms with E-state index in [-0.39, 0.29) is 5.82 Å². The summed E-state index contributed by atoms with van der Waals surface area (Å²) in [5, 5.41) is 13.8. The fraction of sp³-hybridized carbons (Fsp3) is 0.0588. The van der Waals surface area contributed by atoms with Gasteiger partial charge in [0.25, 0.3) is 0 Å². The van der Waals surface area contributed by atoms with E-state index in [1.54, 1.807) is 40.8 Å². The van der Waals surface area contributed by atoms with E-state index in [1.165, 1.54) is 12.1 Å². The van der Waals surface area contributed by atoms with E-state index < -0.39 is 0 Å². The van der Waals surface area contributed by atoms with Gasteiger partial charge in [-0.15, -0.1) is 10.2 Å². The summed E-state index contributed by atoms with van der Waals surface area (Å²) in [4.78, 5) is 4.01. The van der Waals surface area contributed by atoms with Crippen LogP contribution in [-0.2, 0) is 5.75 Å². The van der Waals surface area contributed by atoms with Crippen molar-refractivity contribution < 1.29 is 4.39 Å². The Balaban J connectivity index is 1.61. The predicted molar refractivity (Wildman–Crippen MR) is 90.0 cm³/mol. The van der Waals surface area contributed by atoms with Crippen molar-refractivity contribution >= 4 is 17.4 Å². The summed E-state index contributed by atoms with van der Waals surface area (Å²) < 4.78 is 14.7. The summed E-state index contributed by atoms with van der Waals surface area (Å²) in [6, 6.07) is 14.0. The Morgan fingerprint density at radius 1 is 0.917 bits per heavy atom. The van der Waals surface area contributed by atoms with E-state index in [9.17, 15) is 4.39 Å². The first-order chi connectivity index (χ1) is 11.8. The maximum atomic E-state index is 13.0. The minimum atomic E-state index is -0.227. The molecule has 0 aliphatic rings. The molecule has 7 heteroatoms. The summed E-state index contributed by atoms with van der Waals surface area (Å²) in [7, 11) is 0. The van der Waals surface area contributed by atoms with Crippen LogP contribution in [0.1, 0.15) is 5.56 Å². The molecule has 1 aromatic carbocycles. The van der Waals surface area contributed by atoms with E-state index in [1.807, 2.05) is 24.3 Å². The molecular formula is C17H12FN5S. The molecule has 0 spiro atoms. The van der Waals surface area contributed by atoms with Crippen molar-refractivity contribution in [2.75, 3.05) is 0 Å². The maximum absolute atomic E-state index is 13.0. The molecule has 0 saturated carbocycles. The zero-order valence-corrected chi connectivity index (χ0v) is 13.3. The molecule has 0 aliphatic carbocycles. The summed E-state index contributed by atoms with van der Waals surface area (Å²) in [5.74, 6) is 1.16. The third kappa shape index (κ3) is 2.98. The first-order valence-corrected chi connectivity index (χ1v) is 8.28. The van der Waals surface area contributed by atoms with Crippen LogP contribution in [0.4, 0.5) is 4.39 Å². The molecule has 0 radical (unpaired) electrons. The van der Waals surface area contributed by atoms with Crippen LogP contribution in [0.25, 0.3) is 17.0 Å². The molecule has 0 N–H and O–H groups in total. The van der Waals surface area contributed by atoms with Crippen LogP contribution in [0.3, 0.4) is 0 Å². The highest BCUT2D eigenvalue weighted by Crippen LogP contribution is 2.23. The van der Waals surface area contributed by atoms with E-state index in [2.05, 4.69) is 20.3 Å². The molecule has 0 bridgehead atoms. The van der Waals surface area contributed by atoms with Gasteiger partial charge in [-0.1, -0.05) is 23.9 Å². The van der Waals surface area contributed by atoms with Crippen LogP contribution >= 0.6 is 11.8 Å². The Bertz CT molecular complexity index is 969. The Kier molecular flexibility index (Phi) is 3.92. The van der Waals surface area contributed by atoms with Crippen LogP contribution in [-0.4, -0.2) is 24.8 Å². The molecule has 0 atom stereocenters. The third-order valence-electron chi connectivity index (χ3n) is 3.48. The molecular weight excluding hydrogens is 325 g/mol. The fourth-order valence-corrected chi connectivity index (χ4v) is 3.08. The average molecular weight is 337 g/mol. The van der Waals surface area contributed by atoms with Gasteiger partial charge in [0.2, 0.25) is 0 Å². The van der Waals surface area contributed by atoms with Gasteiger partial charge in [0.15, 0.2) is 11.5 Å². The minimum Gasteiger partial charge on any atom is -0.265 e. The number of thioether (sulfide) groups is 1. The summed E-state index contributed by atoms with van der Waals surface area (Å²) in [5.41, 5.74) is 2.64. The van der Waals surface area contributed by atoms with Crippen molar-refractivity contribution in [3.05, 3.63) is 72.3 Å². The number of fused-ring (bicyclic) bond motifs is 1. The maximum Gasteiger partial charge on any atom is 0.185 e. The second-order valence-corrected chi connectivity index (χ2v) is 6.11. The second-order valence-electron chi connectivity index (χ2n) is 5.12. The number of rotatable bonds is 4. The van der Waals surface area contributed by atoms with Gasteiger partial charge in [0.1, 0.15) is 10.8 Å². The molecule has 0 amide bonds. The number of pyridine rings is 1. The van der Waals surface area contributed by atoms with E-state index >= 15 is 0 Å². The third-order valence-corrected chi connectivity index (χ3v) is 4.47. The zero-order valence-electron chi connectivity index (χ0n) is 12.5. The normalized spacial score (nSPS) is 11.0. The summed E-state index contributed by atoms with van der Waals surface area (Å²) in [6.45, 7) is 0. The Morgan fingerprint density at radius 3 is 2.50 bits per heavy atom. The SMILES string of the molecule is Fc1ccc(CSc2ccc3nnc(-c4ccncc4)n3n2)cc1. The zero-order chi connectivity index (χ0) is 16.4. The predicted octanol–water partition coefficient (Wildman–Crippen LogP) is 3.62. The van der Waals surface area contributed by atoms with Crippen LogP contribution < -0.4 is 0 Å². The number of benzene rings is 1. The lowest BCUT2D eigenvalue weighted by molar-refractivity contribution is 0.627. The second kappa shape index (κ2) is 6.37. The number of hydrogen-bond donors (Lipinski definition) is 0. The molecule has 0 aliphatic heterocycles. The summed E-state index contributed by atoms with van der Waals surface area (Å²) in [6.07, 6.45) is 3.42. The van der Waals surface area contributed by atoms with Gasteiger partial charge in [0.05, 0.1) is 0 Å². The lowest BCUT2D eigenvalue weighted by Gasteiger charge is -2.03. The van der Waals surface area contributed by atoms with E-state index in [4.69, 9.17) is 0 Å². The van der Waals surface area contributed by atoms with Gasteiger partial charge in [-0.25, -0.2) is 4.39 Å². The fourth-order valence-electron chi connectivity index (χ4n) is 2.27. The lowest BCUT2D eigenvalue weighted by Crippen LogP contribution is -1.96. The molecule has 0 saturated heterocycles. The Hall–Kier alpha value is -2.80. The molecule has 3 heterocycles. The van der Waals surface area contributed by atoms with Gasteiger partial charge in [-0.05, 0) is 42.0 Å². The number of hydrogen-bond acceptors (Lipinski definition) is 5. The first kappa shape index (κ1) is 14.8. The number of halogens is 1. The quantitative estimate of drug-likeness (QED) is 0.532. The van der Waals surface area contributed by atoms with Gasteiger partial charge in [0, 0.05) is 23.7 Å². The van der Waals surface area contributed by atoms with Gasteiger partial charge < -0.3 is 0 Å². The topological polar surface area (TPSA) is 56.0 Å². The largest absolute Gasteiger partial charge is 0.265 e. The molecule has 0 fully saturated rings. The van der Waals surface area contributed by atoms with Gasteiger partial charge in [-0.2, -0.15) is 9.61 Å². The van der Waals surface area contributed by atoms with E-state index in [0.717, 1.165) is 16.2 Å². The van der Waals surface area contributed by atoms with Crippen molar-refractivity contribution in [3.63, 3.8) is 0 Å². The molecule has 118 valence electrons. The highest BCUT2D eigenvalue weighted by molar-refractivity contribution is 7.98. The lowest BCUT2D eigenvalue weighted by atomic mass is 10.2. The molecule has 0 unspecified atom stereocenters. The smallest absolute Gasteiger partial charge is 0.185 e. The Labute approximate surface area is 141 Å². The van der Waals surface area contributed by atoms with Crippen molar-refractivity contribution in [1.82, 2.24) is 24.8 Å². The van der Waals surface area contributed by atoms with Crippen molar-refractivity contribution in [2.24, 2.45) is 0 Å². The monoisotopic (exact) mass is 337 g/mol. The van der Waals surface area contributed by atoms with Crippen LogP contribution in [0.15, 0.2) is 66.0 Å². The standard InChI is InChI=1S/C17H12FN5S/c18-14-3-1-12(2-4-14)11-24-16-6-5-15-20-21-17(23(15)22-16)13-7-9-19-10-8-13/h1-10H,11H2. The van der Waals surface area contributed by atoms with Crippen molar-refractivity contribution in [2.45, 2.75) is 10.8 Å². The summed E-state index contributed by atoms with van der Waals surface area (Å²) >= 11 is 1.58. The molecule has 4 aromatic rings. The average Bonchev–Trinajstić information content (AvgIpc) is 3.05. The van der Waals surface area contributed by atoms with Crippen LogP contribution in [0, 0.1) is 5.82 Å². The Morgan fingerprint density at radius 2 is 1.71 bits per heavy atom. The van der Waals surface area contributed by atoms with E-state index in [0.29, 0.717) is 17.2 Å². The molecule has 5 nitrogen and oxygen atoms in total. The number of aromatic nitrogens is 5. The van der Waals surface area contributed by atoms with Gasteiger partial charge >= 0.3 is 0 Å². The first-order valence-electron chi connectivity index (χ1n) is 7.30. The molecule has 3 aromatic heterocycles. The highest BCUT2D eigenvalue weighted by Gasteiger charge is 2.10. The van der Waals surface area contributed by atoms with Crippen molar-refractivity contribution in [3.8, 4) is 11.4 Å². The van der Waals surface area contributed by atoms with Crippen LogP contribution in [0.2, 0.25) is 0 Å². The minimum absolute atomic E-state index is 0.227. The van der Waals surface area contributed by atoms with Crippen LogP contribution in [0.5, 0.6) is 0 Å². The van der Waals surface area contributed by atoms with Crippen molar-refractivity contribution in [1.29, 1.82) is 0 Å². The molecule has 24 heavy (non-hydrogen) atoms. The number of nitrogens with zero attached hydrogens (tertiary/aromatic N) is 5. The molecule has 4 rings (SSSR count).